The number of nitrogens with zero attached hydrogens (tertiary/aromatic N) is 1. The van der Waals surface area contributed by atoms with Crippen molar-refractivity contribution in [1.82, 2.24) is 10.2 Å². The van der Waals surface area contributed by atoms with Crippen LogP contribution in [0.4, 0.5) is 5.82 Å². The minimum atomic E-state index is -0.323. The van der Waals surface area contributed by atoms with Gasteiger partial charge in [-0.15, -0.1) is 0 Å². The van der Waals surface area contributed by atoms with Crippen LogP contribution in [0.3, 0.4) is 0 Å². The number of amides is 1. The highest BCUT2D eigenvalue weighted by Gasteiger charge is 2.24. The number of methoxy groups -OCH3 is 2. The molecule has 0 atom stereocenters. The van der Waals surface area contributed by atoms with Crippen molar-refractivity contribution in [1.29, 1.82) is 0 Å². The third kappa shape index (κ3) is 3.69. The van der Waals surface area contributed by atoms with Gasteiger partial charge in [0, 0.05) is 17.2 Å². The lowest BCUT2D eigenvalue weighted by atomic mass is 9.85. The van der Waals surface area contributed by atoms with E-state index in [0.29, 0.717) is 22.9 Å². The molecule has 2 aromatic rings. The molecule has 0 aliphatic carbocycles. The largest absolute Gasteiger partial charge is 0.496 e. The van der Waals surface area contributed by atoms with Gasteiger partial charge in [-0.25, -0.2) is 0 Å². The van der Waals surface area contributed by atoms with Crippen LogP contribution in [-0.2, 0) is 5.41 Å². The maximum absolute atomic E-state index is 12.6. The summed E-state index contributed by atoms with van der Waals surface area (Å²) in [5.41, 5.74) is 1.32. The second-order valence-electron chi connectivity index (χ2n) is 6.29. The van der Waals surface area contributed by atoms with Crippen LogP contribution in [0, 0.1) is 0 Å². The number of carbonyl (C=O) groups is 1. The molecular formula is C18H25N3O3. The SMILES string of the molecule is CCCC(C)(C)c1cc(NC(=O)c2c(OC)cccc2OC)n[nH]1. The Kier molecular flexibility index (Phi) is 5.49. The first-order chi connectivity index (χ1) is 11.4. The van der Waals surface area contributed by atoms with Crippen molar-refractivity contribution < 1.29 is 14.3 Å². The van der Waals surface area contributed by atoms with E-state index in [0.717, 1.165) is 18.5 Å². The normalized spacial score (nSPS) is 11.2. The molecule has 0 saturated carbocycles. The van der Waals surface area contributed by atoms with Crippen molar-refractivity contribution in [2.24, 2.45) is 0 Å². The lowest BCUT2D eigenvalue weighted by molar-refractivity contribution is 0.102. The Morgan fingerprint density at radius 1 is 1.25 bits per heavy atom. The van der Waals surface area contributed by atoms with Gasteiger partial charge in [0.25, 0.3) is 5.91 Å². The average molecular weight is 331 g/mol. The van der Waals surface area contributed by atoms with Crippen molar-refractivity contribution in [2.75, 3.05) is 19.5 Å². The fourth-order valence-electron chi connectivity index (χ4n) is 2.75. The van der Waals surface area contributed by atoms with Crippen LogP contribution >= 0.6 is 0 Å². The van der Waals surface area contributed by atoms with Crippen molar-refractivity contribution >= 4 is 11.7 Å². The van der Waals surface area contributed by atoms with E-state index in [1.54, 1.807) is 18.2 Å². The molecular weight excluding hydrogens is 306 g/mol. The number of nitrogens with one attached hydrogen (secondary N) is 2. The van der Waals surface area contributed by atoms with Gasteiger partial charge in [0.1, 0.15) is 17.1 Å². The molecule has 1 amide bonds. The molecule has 6 nitrogen and oxygen atoms in total. The summed E-state index contributed by atoms with van der Waals surface area (Å²) in [5.74, 6) is 1.06. The van der Waals surface area contributed by atoms with Crippen LogP contribution in [0.25, 0.3) is 0 Å². The molecule has 1 aromatic heterocycles. The van der Waals surface area contributed by atoms with Gasteiger partial charge in [-0.1, -0.05) is 33.3 Å². The Balaban J connectivity index is 2.24. The minimum Gasteiger partial charge on any atom is -0.496 e. The number of aromatic amines is 1. The van der Waals surface area contributed by atoms with E-state index in [9.17, 15) is 4.79 Å². The van der Waals surface area contributed by atoms with E-state index in [4.69, 9.17) is 9.47 Å². The third-order valence-corrected chi connectivity index (χ3v) is 4.08. The van der Waals surface area contributed by atoms with Gasteiger partial charge in [-0.05, 0) is 18.6 Å². The zero-order valence-corrected chi connectivity index (χ0v) is 14.9. The number of rotatable bonds is 7. The Morgan fingerprint density at radius 2 is 1.88 bits per heavy atom. The second-order valence-corrected chi connectivity index (χ2v) is 6.29. The third-order valence-electron chi connectivity index (χ3n) is 4.08. The summed E-state index contributed by atoms with van der Waals surface area (Å²) in [6, 6.07) is 7.08. The maximum Gasteiger partial charge on any atom is 0.264 e. The molecule has 0 radical (unpaired) electrons. The summed E-state index contributed by atoms with van der Waals surface area (Å²) in [4.78, 5) is 12.6. The smallest absolute Gasteiger partial charge is 0.264 e. The predicted octanol–water partition coefficient (Wildman–Crippen LogP) is 3.76. The molecule has 1 heterocycles. The molecule has 0 saturated heterocycles. The molecule has 0 spiro atoms. The van der Waals surface area contributed by atoms with Crippen molar-refractivity contribution in [3.05, 3.63) is 35.5 Å². The lowest BCUT2D eigenvalue weighted by Gasteiger charge is -2.21. The van der Waals surface area contributed by atoms with Crippen LogP contribution in [0.15, 0.2) is 24.3 Å². The van der Waals surface area contributed by atoms with E-state index in [1.165, 1.54) is 14.2 Å². The van der Waals surface area contributed by atoms with Crippen molar-refractivity contribution in [3.8, 4) is 11.5 Å². The van der Waals surface area contributed by atoms with Crippen LogP contribution in [0.5, 0.6) is 11.5 Å². The van der Waals surface area contributed by atoms with Crippen molar-refractivity contribution in [3.63, 3.8) is 0 Å². The fraction of sp³-hybridized carbons (Fsp3) is 0.444. The highest BCUT2D eigenvalue weighted by atomic mass is 16.5. The molecule has 24 heavy (non-hydrogen) atoms. The Hall–Kier alpha value is -2.50. The number of H-pyrrole nitrogens is 1. The van der Waals surface area contributed by atoms with Crippen LogP contribution < -0.4 is 14.8 Å². The first-order valence-electron chi connectivity index (χ1n) is 8.01. The molecule has 6 heteroatoms. The summed E-state index contributed by atoms with van der Waals surface area (Å²) in [6.45, 7) is 6.45. The molecule has 130 valence electrons. The summed E-state index contributed by atoms with van der Waals surface area (Å²) in [6.07, 6.45) is 2.11. The van der Waals surface area contributed by atoms with Crippen LogP contribution in [0.1, 0.15) is 49.7 Å². The molecule has 0 aliphatic heterocycles. The molecule has 0 aliphatic rings. The van der Waals surface area contributed by atoms with Gasteiger partial charge in [0.05, 0.1) is 14.2 Å². The average Bonchev–Trinajstić information content (AvgIpc) is 3.03. The second kappa shape index (κ2) is 7.38. The highest BCUT2D eigenvalue weighted by molar-refractivity contribution is 6.07. The standard InChI is InChI=1S/C18H25N3O3/c1-6-10-18(2,3)14-11-15(21-20-14)19-17(22)16-12(23-4)8-7-9-13(16)24-5/h7-9,11H,6,10H2,1-5H3,(H2,19,20,21,22). The zero-order chi connectivity index (χ0) is 17.7. The van der Waals surface area contributed by atoms with Gasteiger partial charge in [-0.2, -0.15) is 5.10 Å². The number of carbonyl (C=O) groups excluding carboxylic acids is 1. The van der Waals surface area contributed by atoms with Crippen LogP contribution in [-0.4, -0.2) is 30.3 Å². The minimum absolute atomic E-state index is 0.0210. The highest BCUT2D eigenvalue weighted by Crippen LogP contribution is 2.30. The van der Waals surface area contributed by atoms with E-state index < -0.39 is 0 Å². The Morgan fingerprint density at radius 3 is 2.42 bits per heavy atom. The van der Waals surface area contributed by atoms with Crippen molar-refractivity contribution in [2.45, 2.75) is 39.0 Å². The molecule has 2 N–H and O–H groups in total. The molecule has 0 unspecified atom stereocenters. The number of hydrogen-bond acceptors (Lipinski definition) is 4. The lowest BCUT2D eigenvalue weighted by Crippen LogP contribution is -2.17. The quantitative estimate of drug-likeness (QED) is 0.810. The summed E-state index contributed by atoms with van der Waals surface area (Å²) in [7, 11) is 3.04. The topological polar surface area (TPSA) is 76.2 Å². The molecule has 0 bridgehead atoms. The van der Waals surface area contributed by atoms with E-state index in [2.05, 4.69) is 36.3 Å². The fourth-order valence-corrected chi connectivity index (χ4v) is 2.75. The Bertz CT molecular complexity index is 685. The Labute approximate surface area is 142 Å². The number of anilines is 1. The molecule has 2 rings (SSSR count). The molecule has 1 aromatic carbocycles. The zero-order valence-electron chi connectivity index (χ0n) is 14.9. The van der Waals surface area contributed by atoms with Gasteiger partial charge >= 0.3 is 0 Å². The molecule has 0 fully saturated rings. The van der Waals surface area contributed by atoms with Gasteiger partial charge in [0.15, 0.2) is 5.82 Å². The number of benzene rings is 1. The van der Waals surface area contributed by atoms with E-state index in [-0.39, 0.29) is 11.3 Å². The maximum atomic E-state index is 12.6. The first kappa shape index (κ1) is 17.8. The van der Waals surface area contributed by atoms with E-state index in [1.807, 2.05) is 6.07 Å². The van der Waals surface area contributed by atoms with Gasteiger partial charge < -0.3 is 14.8 Å². The number of aromatic nitrogens is 2. The first-order valence-corrected chi connectivity index (χ1v) is 8.01. The van der Waals surface area contributed by atoms with E-state index >= 15 is 0 Å². The number of ether oxygens (including phenoxy) is 2. The monoisotopic (exact) mass is 331 g/mol. The summed E-state index contributed by atoms with van der Waals surface area (Å²) < 4.78 is 10.5. The number of hydrogen-bond donors (Lipinski definition) is 2. The van der Waals surface area contributed by atoms with Gasteiger partial charge in [-0.3, -0.25) is 9.89 Å². The predicted molar refractivity (Wildman–Crippen MR) is 94.0 cm³/mol. The summed E-state index contributed by atoms with van der Waals surface area (Å²) >= 11 is 0. The summed E-state index contributed by atoms with van der Waals surface area (Å²) in [5, 5.41) is 10.0. The van der Waals surface area contributed by atoms with Gasteiger partial charge in [0.2, 0.25) is 0 Å². The van der Waals surface area contributed by atoms with Crippen LogP contribution in [0.2, 0.25) is 0 Å².